The number of fused-ring (bicyclic) bond motifs is 1. The topological polar surface area (TPSA) is 75.3 Å². The van der Waals surface area contributed by atoms with Crippen molar-refractivity contribution >= 4 is 49.8 Å². The molecule has 5 aromatic carbocycles. The number of anilines is 2. The number of carbonyl (C=O) groups is 1. The number of benzene rings is 5. The summed E-state index contributed by atoms with van der Waals surface area (Å²) < 4.78 is 28.1. The highest BCUT2D eigenvalue weighted by molar-refractivity contribution is 8.00. The quantitative estimate of drug-likeness (QED) is 0.202. The molecule has 0 radical (unpaired) electrons. The fourth-order valence-corrected chi connectivity index (χ4v) is 6.13. The highest BCUT2D eigenvalue weighted by atomic mass is 32.2. The third-order valence-electron chi connectivity index (χ3n) is 6.05. The molecule has 190 valence electrons. The summed E-state index contributed by atoms with van der Waals surface area (Å²) in [7, 11) is -3.69. The molecule has 0 spiro atoms. The first-order valence-corrected chi connectivity index (χ1v) is 14.4. The van der Waals surface area contributed by atoms with Crippen molar-refractivity contribution in [2.24, 2.45) is 0 Å². The molecule has 2 N–H and O–H groups in total. The van der Waals surface area contributed by atoms with Crippen LogP contribution < -0.4 is 10.0 Å². The second-order valence-corrected chi connectivity index (χ2v) is 11.8. The summed E-state index contributed by atoms with van der Waals surface area (Å²) >= 11 is 1.41. The minimum atomic E-state index is -3.69. The summed E-state index contributed by atoms with van der Waals surface area (Å²) in [5.41, 5.74) is 3.05. The molecule has 1 unspecified atom stereocenters. The van der Waals surface area contributed by atoms with Crippen LogP contribution in [0.1, 0.15) is 16.4 Å². The van der Waals surface area contributed by atoms with Gasteiger partial charge in [0.05, 0.1) is 4.90 Å². The third kappa shape index (κ3) is 6.07. The average Bonchev–Trinajstić information content (AvgIpc) is 2.93. The van der Waals surface area contributed by atoms with E-state index in [1.807, 2.05) is 91.9 Å². The summed E-state index contributed by atoms with van der Waals surface area (Å²) in [5, 5.41) is 4.73. The number of rotatable bonds is 8. The molecule has 0 saturated carbocycles. The zero-order valence-corrected chi connectivity index (χ0v) is 22.3. The van der Waals surface area contributed by atoms with Crippen LogP contribution in [0.3, 0.4) is 0 Å². The Morgan fingerprint density at radius 1 is 0.711 bits per heavy atom. The second-order valence-electron chi connectivity index (χ2n) is 8.90. The first kappa shape index (κ1) is 25.6. The SMILES string of the molecule is Cc1ccc(S(=O)(=O)Nc2ccc(SC(C(=O)Nc3ccc4ccccc4c3)c3ccccc3)cc2)cc1. The van der Waals surface area contributed by atoms with Gasteiger partial charge in [0.1, 0.15) is 5.25 Å². The predicted molar refractivity (Wildman–Crippen MR) is 156 cm³/mol. The number of hydrogen-bond donors (Lipinski definition) is 2. The standard InChI is InChI=1S/C31H26N2O3S2/c1-22-11-19-29(20-12-22)38(35,36)33-26-15-17-28(18-16-26)37-30(24-8-3-2-4-9-24)31(34)32-27-14-13-23-7-5-6-10-25(23)21-27/h2-21,30,33H,1H3,(H,32,34). The van der Waals surface area contributed by atoms with E-state index < -0.39 is 15.3 Å². The van der Waals surface area contributed by atoms with Gasteiger partial charge in [0.15, 0.2) is 0 Å². The van der Waals surface area contributed by atoms with Crippen LogP contribution in [0.5, 0.6) is 0 Å². The smallest absolute Gasteiger partial charge is 0.261 e. The van der Waals surface area contributed by atoms with Crippen LogP contribution in [-0.4, -0.2) is 14.3 Å². The van der Waals surface area contributed by atoms with Crippen molar-refractivity contribution in [3.8, 4) is 0 Å². The van der Waals surface area contributed by atoms with E-state index in [9.17, 15) is 13.2 Å². The van der Waals surface area contributed by atoms with E-state index in [4.69, 9.17) is 0 Å². The number of hydrogen-bond acceptors (Lipinski definition) is 4. The number of sulfonamides is 1. The maximum absolute atomic E-state index is 13.5. The minimum Gasteiger partial charge on any atom is -0.325 e. The van der Waals surface area contributed by atoms with Crippen LogP contribution in [0.2, 0.25) is 0 Å². The maximum atomic E-state index is 13.5. The van der Waals surface area contributed by atoms with Gasteiger partial charge >= 0.3 is 0 Å². The molecular weight excluding hydrogens is 512 g/mol. The highest BCUT2D eigenvalue weighted by Gasteiger charge is 2.22. The first-order valence-electron chi connectivity index (χ1n) is 12.1. The summed E-state index contributed by atoms with van der Waals surface area (Å²) in [6.45, 7) is 1.91. The molecular formula is C31H26N2O3S2. The number of thioether (sulfide) groups is 1. The first-order chi connectivity index (χ1) is 18.4. The van der Waals surface area contributed by atoms with Gasteiger partial charge in [-0.1, -0.05) is 78.4 Å². The molecule has 0 bridgehead atoms. The molecule has 5 nitrogen and oxygen atoms in total. The Hall–Kier alpha value is -4.07. The largest absolute Gasteiger partial charge is 0.325 e. The van der Waals surface area contributed by atoms with Crippen LogP contribution >= 0.6 is 11.8 Å². The minimum absolute atomic E-state index is 0.138. The van der Waals surface area contributed by atoms with E-state index in [1.54, 1.807) is 36.4 Å². The Morgan fingerprint density at radius 3 is 2.05 bits per heavy atom. The van der Waals surface area contributed by atoms with Crippen LogP contribution in [0, 0.1) is 6.92 Å². The molecule has 0 aliphatic heterocycles. The zero-order valence-electron chi connectivity index (χ0n) is 20.7. The molecule has 1 atom stereocenters. The Kier molecular flexibility index (Phi) is 7.49. The molecule has 5 aromatic rings. The van der Waals surface area contributed by atoms with Crippen LogP contribution in [0.15, 0.2) is 131 Å². The van der Waals surface area contributed by atoms with Crippen molar-refractivity contribution in [3.63, 3.8) is 0 Å². The van der Waals surface area contributed by atoms with Gasteiger partial charge in [0.2, 0.25) is 5.91 Å². The van der Waals surface area contributed by atoms with Crippen molar-refractivity contribution in [2.75, 3.05) is 10.0 Å². The molecule has 0 aromatic heterocycles. The van der Waals surface area contributed by atoms with Gasteiger partial charge in [-0.05, 0) is 71.8 Å². The van der Waals surface area contributed by atoms with Gasteiger partial charge in [0.25, 0.3) is 10.0 Å². The second kappa shape index (κ2) is 11.1. The third-order valence-corrected chi connectivity index (χ3v) is 8.71. The summed E-state index contributed by atoms with van der Waals surface area (Å²) in [6, 6.07) is 37.2. The number of amides is 1. The van der Waals surface area contributed by atoms with Gasteiger partial charge in [-0.25, -0.2) is 8.42 Å². The van der Waals surface area contributed by atoms with Gasteiger partial charge < -0.3 is 5.32 Å². The highest BCUT2D eigenvalue weighted by Crippen LogP contribution is 2.37. The summed E-state index contributed by atoms with van der Waals surface area (Å²) in [4.78, 5) is 14.5. The molecule has 5 rings (SSSR count). The molecule has 7 heteroatoms. The molecule has 0 aliphatic carbocycles. The van der Waals surface area contributed by atoms with E-state index in [1.165, 1.54) is 11.8 Å². The van der Waals surface area contributed by atoms with E-state index in [-0.39, 0.29) is 10.8 Å². The number of carbonyl (C=O) groups excluding carboxylic acids is 1. The average molecular weight is 539 g/mol. The van der Waals surface area contributed by atoms with Crippen molar-refractivity contribution in [1.29, 1.82) is 0 Å². The van der Waals surface area contributed by atoms with Crippen molar-refractivity contribution in [3.05, 3.63) is 132 Å². The maximum Gasteiger partial charge on any atom is 0.261 e. The van der Waals surface area contributed by atoms with Crippen molar-refractivity contribution in [1.82, 2.24) is 0 Å². The number of nitrogens with one attached hydrogen (secondary N) is 2. The lowest BCUT2D eigenvalue weighted by Gasteiger charge is -2.18. The molecule has 0 saturated heterocycles. The number of aryl methyl sites for hydroxylation is 1. The molecule has 0 heterocycles. The van der Waals surface area contributed by atoms with Crippen LogP contribution in [0.4, 0.5) is 11.4 Å². The molecule has 0 fully saturated rings. The molecule has 1 amide bonds. The zero-order chi connectivity index (χ0) is 26.5. The van der Waals surface area contributed by atoms with E-state index >= 15 is 0 Å². The lowest BCUT2D eigenvalue weighted by molar-refractivity contribution is -0.115. The van der Waals surface area contributed by atoms with Gasteiger partial charge in [0, 0.05) is 16.3 Å². The fraction of sp³-hybridized carbons (Fsp3) is 0.0645. The van der Waals surface area contributed by atoms with Crippen LogP contribution in [0.25, 0.3) is 10.8 Å². The Bertz CT molecular complexity index is 1670. The van der Waals surface area contributed by atoms with Crippen LogP contribution in [-0.2, 0) is 14.8 Å². The normalized spacial score (nSPS) is 12.1. The predicted octanol–water partition coefficient (Wildman–Crippen LogP) is 7.42. The van der Waals surface area contributed by atoms with E-state index in [2.05, 4.69) is 10.0 Å². The van der Waals surface area contributed by atoms with E-state index in [0.717, 1.165) is 32.5 Å². The monoisotopic (exact) mass is 538 g/mol. The fourth-order valence-electron chi connectivity index (χ4n) is 4.04. The van der Waals surface area contributed by atoms with Gasteiger partial charge in [-0.3, -0.25) is 9.52 Å². The Balaban J connectivity index is 1.34. The van der Waals surface area contributed by atoms with Crippen molar-refractivity contribution in [2.45, 2.75) is 22.0 Å². The summed E-state index contributed by atoms with van der Waals surface area (Å²) in [5.74, 6) is -0.138. The van der Waals surface area contributed by atoms with Crippen molar-refractivity contribution < 1.29 is 13.2 Å². The van der Waals surface area contributed by atoms with Gasteiger partial charge in [-0.15, -0.1) is 11.8 Å². The molecule has 0 aliphatic rings. The Morgan fingerprint density at radius 2 is 1.34 bits per heavy atom. The van der Waals surface area contributed by atoms with E-state index in [0.29, 0.717) is 5.69 Å². The molecule has 38 heavy (non-hydrogen) atoms. The Labute approximate surface area is 227 Å². The van der Waals surface area contributed by atoms with Gasteiger partial charge in [-0.2, -0.15) is 0 Å². The lowest BCUT2D eigenvalue weighted by atomic mass is 10.1. The summed E-state index contributed by atoms with van der Waals surface area (Å²) in [6.07, 6.45) is 0. The lowest BCUT2D eigenvalue weighted by Crippen LogP contribution is -2.19.